The van der Waals surface area contributed by atoms with Gasteiger partial charge >= 0.3 is 35.8 Å². The van der Waals surface area contributed by atoms with E-state index in [1.165, 1.54) is 23.0 Å². The maximum atomic E-state index is 13.3. The van der Waals surface area contributed by atoms with Gasteiger partial charge in [0.1, 0.15) is 24.2 Å². The van der Waals surface area contributed by atoms with Gasteiger partial charge < -0.3 is 62.5 Å². The molecular formula is C37H46FN9O18. The van der Waals surface area contributed by atoms with Gasteiger partial charge in [-0.25, -0.2) is 23.9 Å². The molecule has 1 unspecified atom stereocenters. The third-order valence-electron chi connectivity index (χ3n) is 8.70. The lowest BCUT2D eigenvalue weighted by molar-refractivity contribution is -0.145. The number of hydrogen-bond acceptors (Lipinski definition) is 14. The molecule has 0 aliphatic heterocycles. The van der Waals surface area contributed by atoms with E-state index >= 15 is 0 Å². The van der Waals surface area contributed by atoms with Crippen molar-refractivity contribution in [3.05, 3.63) is 41.2 Å². The fourth-order valence-corrected chi connectivity index (χ4v) is 5.44. The van der Waals surface area contributed by atoms with E-state index in [4.69, 9.17) is 10.2 Å². The first-order valence-electron chi connectivity index (χ1n) is 19.3. The lowest BCUT2D eigenvalue weighted by Crippen LogP contribution is -2.47. The normalized spacial score (nSPS) is 12.5. The van der Waals surface area contributed by atoms with Crippen LogP contribution in [0.5, 0.6) is 0 Å². The quantitative estimate of drug-likeness (QED) is 0.0376. The largest absolute Gasteiger partial charge is 0.481 e. The molecule has 0 aliphatic rings. The van der Waals surface area contributed by atoms with Crippen molar-refractivity contribution in [3.63, 3.8) is 0 Å². The highest BCUT2D eigenvalue weighted by Crippen LogP contribution is 2.16. The molecule has 4 atom stereocenters. The molecule has 28 heteroatoms. The number of nitrogens with one attached hydrogen (secondary N) is 6. The maximum absolute atomic E-state index is 13.3. The number of alkyl halides is 1. The molecule has 0 aliphatic carbocycles. The molecule has 0 spiro atoms. The summed E-state index contributed by atoms with van der Waals surface area (Å²) >= 11 is 0. The Morgan fingerprint density at radius 2 is 0.954 bits per heavy atom. The first-order chi connectivity index (χ1) is 30.6. The SMILES string of the molecule is O=C(O)CC[C@H](NC(=O)CC(NC(=O)CCNC(=O)c1cc(C(=O)NCCC(=O)N[C@H](CC(=O)N[C@@H](CCC(=O)O)C(=O)O)C(=O)O)cc(-n2cc(CCCF)nn2)c1)C(=O)O)C(=O)O. The van der Waals surface area contributed by atoms with Crippen molar-refractivity contribution in [2.24, 2.45) is 0 Å². The molecule has 65 heavy (non-hydrogen) atoms. The number of aryl methyl sites for hydroxylation is 1. The Kier molecular flexibility index (Phi) is 21.6. The molecular weight excluding hydrogens is 877 g/mol. The number of halogens is 1. The van der Waals surface area contributed by atoms with E-state index in [1.54, 1.807) is 0 Å². The minimum absolute atomic E-state index is 0.0867. The molecule has 0 radical (unpaired) electrons. The van der Waals surface area contributed by atoms with Crippen molar-refractivity contribution in [2.45, 2.75) is 88.4 Å². The molecule has 0 saturated carbocycles. The summed E-state index contributed by atoms with van der Waals surface area (Å²) in [6.45, 7) is -1.50. The molecule has 1 heterocycles. The zero-order valence-electron chi connectivity index (χ0n) is 34.1. The molecule has 6 amide bonds. The van der Waals surface area contributed by atoms with Gasteiger partial charge in [-0.15, -0.1) is 5.10 Å². The number of carbonyl (C=O) groups is 12. The van der Waals surface area contributed by atoms with E-state index in [9.17, 15) is 82.4 Å². The number of aliphatic carboxylic acids is 6. The van der Waals surface area contributed by atoms with Crippen molar-refractivity contribution >= 4 is 71.3 Å². The van der Waals surface area contributed by atoms with Crippen LogP contribution in [-0.2, 0) is 54.4 Å². The zero-order chi connectivity index (χ0) is 48.8. The van der Waals surface area contributed by atoms with Gasteiger partial charge in [-0.1, -0.05) is 5.21 Å². The predicted octanol–water partition coefficient (Wildman–Crippen LogP) is -2.80. The molecule has 27 nitrogen and oxygen atoms in total. The maximum Gasteiger partial charge on any atom is 0.326 e. The summed E-state index contributed by atoms with van der Waals surface area (Å²) in [6, 6.07) is -3.37. The molecule has 1 aromatic heterocycles. The monoisotopic (exact) mass is 923 g/mol. The number of benzene rings is 1. The van der Waals surface area contributed by atoms with Gasteiger partial charge in [0, 0.05) is 49.9 Å². The van der Waals surface area contributed by atoms with E-state index in [0.717, 1.165) is 6.07 Å². The molecule has 0 bridgehead atoms. The van der Waals surface area contributed by atoms with Gasteiger partial charge in [-0.3, -0.25) is 42.7 Å². The van der Waals surface area contributed by atoms with Crippen molar-refractivity contribution in [3.8, 4) is 5.69 Å². The smallest absolute Gasteiger partial charge is 0.326 e. The van der Waals surface area contributed by atoms with Crippen LogP contribution in [0.4, 0.5) is 4.39 Å². The fourth-order valence-electron chi connectivity index (χ4n) is 5.44. The van der Waals surface area contributed by atoms with Crippen LogP contribution in [-0.4, -0.2) is 161 Å². The number of carboxylic acids is 6. The lowest BCUT2D eigenvalue weighted by Gasteiger charge is -2.17. The summed E-state index contributed by atoms with van der Waals surface area (Å²) in [6.07, 6.45) is -3.47. The lowest BCUT2D eigenvalue weighted by atomic mass is 10.1. The average molecular weight is 924 g/mol. The highest BCUT2D eigenvalue weighted by molar-refractivity contribution is 6.01. The minimum atomic E-state index is -1.85. The topological polar surface area (TPSA) is 429 Å². The highest BCUT2D eigenvalue weighted by atomic mass is 19.1. The number of hydrogen-bond donors (Lipinski definition) is 12. The van der Waals surface area contributed by atoms with Gasteiger partial charge in [-0.05, 0) is 43.9 Å². The van der Waals surface area contributed by atoms with Gasteiger partial charge in [0.25, 0.3) is 11.8 Å². The Balaban J connectivity index is 2.12. The van der Waals surface area contributed by atoms with Gasteiger partial charge in [0.05, 0.1) is 37.1 Å². The summed E-state index contributed by atoms with van der Waals surface area (Å²) in [4.78, 5) is 144. The Bertz CT molecular complexity index is 2010. The molecule has 1 aromatic carbocycles. The Hall–Kier alpha value is -8.07. The molecule has 0 saturated heterocycles. The third-order valence-corrected chi connectivity index (χ3v) is 8.70. The van der Waals surface area contributed by atoms with Crippen LogP contribution in [0.1, 0.15) is 84.2 Å². The molecule has 354 valence electrons. The van der Waals surface area contributed by atoms with Crippen LogP contribution in [0.25, 0.3) is 5.69 Å². The van der Waals surface area contributed by atoms with Gasteiger partial charge in [0.15, 0.2) is 0 Å². The van der Waals surface area contributed by atoms with Crippen LogP contribution < -0.4 is 31.9 Å². The second-order valence-corrected chi connectivity index (χ2v) is 13.8. The van der Waals surface area contributed by atoms with Crippen molar-refractivity contribution in [1.82, 2.24) is 46.9 Å². The van der Waals surface area contributed by atoms with Crippen LogP contribution in [0.2, 0.25) is 0 Å². The van der Waals surface area contributed by atoms with E-state index < -0.39 is 167 Å². The summed E-state index contributed by atoms with van der Waals surface area (Å²) in [5.74, 6) is -15.1. The Morgan fingerprint density at radius 1 is 0.554 bits per heavy atom. The predicted molar refractivity (Wildman–Crippen MR) is 211 cm³/mol. The first-order valence-corrected chi connectivity index (χ1v) is 19.3. The van der Waals surface area contributed by atoms with Crippen molar-refractivity contribution in [2.75, 3.05) is 19.8 Å². The van der Waals surface area contributed by atoms with E-state index in [1.807, 2.05) is 10.6 Å². The Morgan fingerprint density at radius 3 is 1.32 bits per heavy atom. The number of aromatic nitrogens is 3. The molecule has 2 rings (SSSR count). The number of carboxylic acid groups (broad SMARTS) is 6. The van der Waals surface area contributed by atoms with Crippen molar-refractivity contribution in [1.29, 1.82) is 0 Å². The van der Waals surface area contributed by atoms with Gasteiger partial charge in [0.2, 0.25) is 23.6 Å². The fraction of sp³-hybridized carbons (Fsp3) is 0.459. The minimum Gasteiger partial charge on any atom is -0.481 e. The highest BCUT2D eigenvalue weighted by Gasteiger charge is 2.29. The summed E-state index contributed by atoms with van der Waals surface area (Å²) in [5.41, 5.74) is 0.0507. The van der Waals surface area contributed by atoms with Crippen molar-refractivity contribution < 1.29 is 92.6 Å². The summed E-state index contributed by atoms with van der Waals surface area (Å²) in [5, 5.41) is 75.8. The zero-order valence-corrected chi connectivity index (χ0v) is 34.1. The number of rotatable bonds is 30. The number of amides is 6. The molecule has 2 aromatic rings. The molecule has 12 N–H and O–H groups in total. The second-order valence-electron chi connectivity index (χ2n) is 13.8. The first kappa shape index (κ1) is 53.1. The van der Waals surface area contributed by atoms with Crippen LogP contribution in [0.3, 0.4) is 0 Å². The standard InChI is InChI=1S/C37H46FN9O18/c38-9-1-2-20-17-47(46-45-20)21-13-18(32(56)39-10-7-26(48)43-24(36(62)63)15-28(50)41-22(34(58)59)3-5-30(52)53)12-19(14-21)33(57)40-11-8-27(49)44-25(37(64)65)16-29(51)42-23(35(60)61)4-6-31(54)55/h12-14,17,22-25H,1-11,15-16H2,(H,39,56)(H,40,57)(H,41,50)(H,42,51)(H,43,48)(H,44,49)(H,52,53)(H,54,55)(H,58,59)(H,60,61)(H,62,63)(H,64,65)/t22-,23-,24+,25?/m0/s1. The second kappa shape index (κ2) is 26.4. The number of nitrogens with zero attached hydrogens (tertiary/aromatic N) is 3. The van der Waals surface area contributed by atoms with Gasteiger partial charge in [-0.2, -0.15) is 0 Å². The van der Waals surface area contributed by atoms with E-state index in [2.05, 4.69) is 31.6 Å². The number of carbonyl (C=O) groups excluding carboxylic acids is 6. The van der Waals surface area contributed by atoms with E-state index in [-0.39, 0.29) is 29.7 Å². The average Bonchev–Trinajstić information content (AvgIpc) is 3.71. The van der Waals surface area contributed by atoms with Crippen LogP contribution >= 0.6 is 0 Å². The third kappa shape index (κ3) is 19.7. The van der Waals surface area contributed by atoms with Crippen LogP contribution in [0.15, 0.2) is 24.4 Å². The molecule has 0 fully saturated rings. The van der Waals surface area contributed by atoms with E-state index in [0.29, 0.717) is 5.69 Å². The van der Waals surface area contributed by atoms with Crippen LogP contribution in [0, 0.1) is 0 Å². The Labute approximate surface area is 365 Å². The summed E-state index contributed by atoms with van der Waals surface area (Å²) in [7, 11) is 0. The summed E-state index contributed by atoms with van der Waals surface area (Å²) < 4.78 is 13.9.